The molecular formula is C11H12BrN3. The average Bonchev–Trinajstić information content (AvgIpc) is 2.83. The molecule has 78 valence electrons. The van der Waals surface area contributed by atoms with Crippen LogP contribution < -0.4 is 5.32 Å². The Morgan fingerprint density at radius 3 is 3.20 bits per heavy atom. The Bertz CT molecular complexity index is 486. The lowest BCUT2D eigenvalue weighted by Gasteiger charge is -2.10. The summed E-state index contributed by atoms with van der Waals surface area (Å²) in [5.74, 6) is 0. The Kier molecular flexibility index (Phi) is 2.25. The van der Waals surface area contributed by atoms with Gasteiger partial charge in [0.25, 0.3) is 0 Å². The fraction of sp³-hybridized carbons (Fsp3) is 0.364. The summed E-state index contributed by atoms with van der Waals surface area (Å²) in [4.78, 5) is 0. The van der Waals surface area contributed by atoms with Crippen molar-refractivity contribution in [2.45, 2.75) is 12.5 Å². The number of benzene rings is 1. The van der Waals surface area contributed by atoms with E-state index in [1.165, 1.54) is 17.3 Å². The Morgan fingerprint density at radius 1 is 1.47 bits per heavy atom. The maximum absolute atomic E-state index is 4.47. The normalized spacial score (nSPS) is 21.3. The van der Waals surface area contributed by atoms with Gasteiger partial charge in [0, 0.05) is 16.4 Å². The molecule has 2 aromatic rings. The van der Waals surface area contributed by atoms with Crippen LogP contribution >= 0.6 is 15.9 Å². The van der Waals surface area contributed by atoms with Gasteiger partial charge in [-0.3, -0.25) is 4.68 Å². The van der Waals surface area contributed by atoms with Crippen LogP contribution in [-0.2, 0) is 0 Å². The molecular weight excluding hydrogens is 254 g/mol. The van der Waals surface area contributed by atoms with Gasteiger partial charge >= 0.3 is 0 Å². The molecule has 1 aromatic carbocycles. The first-order valence-corrected chi connectivity index (χ1v) is 5.97. The Balaban J connectivity index is 2.13. The number of hydrogen-bond acceptors (Lipinski definition) is 2. The molecule has 0 amide bonds. The second-order valence-electron chi connectivity index (χ2n) is 3.94. The van der Waals surface area contributed by atoms with E-state index in [1.807, 2.05) is 6.20 Å². The summed E-state index contributed by atoms with van der Waals surface area (Å²) in [5, 5.41) is 9.05. The van der Waals surface area contributed by atoms with E-state index in [4.69, 9.17) is 0 Å². The first-order valence-electron chi connectivity index (χ1n) is 5.18. The van der Waals surface area contributed by atoms with Crippen molar-refractivity contribution in [3.8, 4) is 0 Å². The lowest BCUT2D eigenvalue weighted by molar-refractivity contribution is 0.506. The van der Waals surface area contributed by atoms with Gasteiger partial charge in [-0.25, -0.2) is 0 Å². The molecule has 3 nitrogen and oxygen atoms in total. The molecule has 3 rings (SSSR count). The third-order valence-corrected chi connectivity index (χ3v) is 3.43. The van der Waals surface area contributed by atoms with Crippen LogP contribution in [0.1, 0.15) is 12.5 Å². The monoisotopic (exact) mass is 265 g/mol. The minimum atomic E-state index is 0.511. The van der Waals surface area contributed by atoms with Gasteiger partial charge in [-0.05, 0) is 25.1 Å². The lowest BCUT2D eigenvalue weighted by atomic mass is 10.2. The molecule has 1 aromatic heterocycles. The topological polar surface area (TPSA) is 29.9 Å². The van der Waals surface area contributed by atoms with Gasteiger partial charge < -0.3 is 5.32 Å². The van der Waals surface area contributed by atoms with Gasteiger partial charge in [-0.15, -0.1) is 0 Å². The fourth-order valence-electron chi connectivity index (χ4n) is 2.15. The van der Waals surface area contributed by atoms with Crippen LogP contribution in [0.4, 0.5) is 0 Å². The van der Waals surface area contributed by atoms with Crippen molar-refractivity contribution in [3.05, 3.63) is 28.9 Å². The standard InChI is InChI=1S/C11H12BrN3/c12-9-2-1-8-6-14-15(11(8)5-9)10-3-4-13-7-10/h1-2,5-6,10,13H,3-4,7H2. The van der Waals surface area contributed by atoms with E-state index in [1.54, 1.807) is 0 Å². The summed E-state index contributed by atoms with van der Waals surface area (Å²) in [7, 11) is 0. The largest absolute Gasteiger partial charge is 0.315 e. The highest BCUT2D eigenvalue weighted by Gasteiger charge is 2.18. The smallest absolute Gasteiger partial charge is 0.0697 e. The molecule has 1 aliphatic rings. The molecule has 0 spiro atoms. The average molecular weight is 266 g/mol. The number of nitrogens with one attached hydrogen (secondary N) is 1. The van der Waals surface area contributed by atoms with Gasteiger partial charge in [-0.1, -0.05) is 22.0 Å². The van der Waals surface area contributed by atoms with Crippen LogP contribution in [0.3, 0.4) is 0 Å². The van der Waals surface area contributed by atoms with Gasteiger partial charge in [-0.2, -0.15) is 5.10 Å². The molecule has 0 aliphatic carbocycles. The maximum Gasteiger partial charge on any atom is 0.0697 e. The molecule has 0 radical (unpaired) electrons. The van der Waals surface area contributed by atoms with Crippen molar-refractivity contribution in [2.75, 3.05) is 13.1 Å². The number of fused-ring (bicyclic) bond motifs is 1. The zero-order valence-electron chi connectivity index (χ0n) is 8.28. The molecule has 1 saturated heterocycles. The Morgan fingerprint density at radius 2 is 2.40 bits per heavy atom. The molecule has 1 unspecified atom stereocenters. The van der Waals surface area contributed by atoms with E-state index < -0.39 is 0 Å². The van der Waals surface area contributed by atoms with Crippen LogP contribution in [0.5, 0.6) is 0 Å². The van der Waals surface area contributed by atoms with Gasteiger partial charge in [0.05, 0.1) is 17.8 Å². The van der Waals surface area contributed by atoms with Crippen molar-refractivity contribution in [1.29, 1.82) is 0 Å². The van der Waals surface area contributed by atoms with Crippen LogP contribution in [0.2, 0.25) is 0 Å². The van der Waals surface area contributed by atoms with Crippen LogP contribution in [0.15, 0.2) is 28.9 Å². The lowest BCUT2D eigenvalue weighted by Crippen LogP contribution is -2.14. The Labute approximate surface area is 96.6 Å². The second kappa shape index (κ2) is 3.61. The third-order valence-electron chi connectivity index (χ3n) is 2.94. The molecule has 1 atom stereocenters. The summed E-state index contributed by atoms with van der Waals surface area (Å²) >= 11 is 3.50. The number of hydrogen-bond donors (Lipinski definition) is 1. The van der Waals surface area contributed by atoms with E-state index in [2.05, 4.69) is 49.2 Å². The van der Waals surface area contributed by atoms with Crippen LogP contribution in [0, 0.1) is 0 Å². The van der Waals surface area contributed by atoms with Crippen molar-refractivity contribution in [2.24, 2.45) is 0 Å². The molecule has 0 bridgehead atoms. The molecule has 1 aliphatic heterocycles. The predicted molar refractivity (Wildman–Crippen MR) is 64.0 cm³/mol. The van der Waals surface area contributed by atoms with E-state index in [0.29, 0.717) is 6.04 Å². The SMILES string of the molecule is Brc1ccc2cnn(C3CCNC3)c2c1. The van der Waals surface area contributed by atoms with Crippen molar-refractivity contribution in [1.82, 2.24) is 15.1 Å². The van der Waals surface area contributed by atoms with E-state index >= 15 is 0 Å². The fourth-order valence-corrected chi connectivity index (χ4v) is 2.50. The maximum atomic E-state index is 4.47. The quantitative estimate of drug-likeness (QED) is 0.858. The number of aromatic nitrogens is 2. The van der Waals surface area contributed by atoms with Crippen LogP contribution in [0.25, 0.3) is 10.9 Å². The van der Waals surface area contributed by atoms with E-state index in [9.17, 15) is 0 Å². The molecule has 15 heavy (non-hydrogen) atoms. The van der Waals surface area contributed by atoms with E-state index in [-0.39, 0.29) is 0 Å². The molecule has 1 N–H and O–H groups in total. The first kappa shape index (κ1) is 9.36. The summed E-state index contributed by atoms with van der Waals surface area (Å²) in [6.45, 7) is 2.13. The minimum Gasteiger partial charge on any atom is -0.315 e. The summed E-state index contributed by atoms with van der Waals surface area (Å²) in [5.41, 5.74) is 1.22. The van der Waals surface area contributed by atoms with Gasteiger partial charge in [0.1, 0.15) is 0 Å². The third kappa shape index (κ3) is 1.58. The van der Waals surface area contributed by atoms with Crippen molar-refractivity contribution >= 4 is 26.8 Å². The highest BCUT2D eigenvalue weighted by molar-refractivity contribution is 9.10. The van der Waals surface area contributed by atoms with Gasteiger partial charge in [0.2, 0.25) is 0 Å². The first-order chi connectivity index (χ1) is 7.34. The van der Waals surface area contributed by atoms with E-state index in [0.717, 1.165) is 17.6 Å². The van der Waals surface area contributed by atoms with Crippen molar-refractivity contribution < 1.29 is 0 Å². The minimum absolute atomic E-state index is 0.511. The number of nitrogens with zero attached hydrogens (tertiary/aromatic N) is 2. The Hall–Kier alpha value is -0.870. The van der Waals surface area contributed by atoms with Crippen molar-refractivity contribution in [3.63, 3.8) is 0 Å². The predicted octanol–water partition coefficient (Wildman–Crippen LogP) is 2.33. The summed E-state index contributed by atoms with van der Waals surface area (Å²) in [6, 6.07) is 6.81. The highest BCUT2D eigenvalue weighted by Crippen LogP contribution is 2.24. The molecule has 0 saturated carbocycles. The summed E-state index contributed by atoms with van der Waals surface area (Å²) in [6.07, 6.45) is 3.11. The second-order valence-corrected chi connectivity index (χ2v) is 4.85. The van der Waals surface area contributed by atoms with Crippen LogP contribution in [-0.4, -0.2) is 22.9 Å². The molecule has 2 heterocycles. The number of halogens is 1. The zero-order chi connectivity index (χ0) is 10.3. The summed E-state index contributed by atoms with van der Waals surface area (Å²) < 4.78 is 3.25. The van der Waals surface area contributed by atoms with Gasteiger partial charge in [0.15, 0.2) is 0 Å². The zero-order valence-corrected chi connectivity index (χ0v) is 9.87. The number of rotatable bonds is 1. The molecule has 4 heteroatoms. The highest BCUT2D eigenvalue weighted by atomic mass is 79.9. The molecule has 1 fully saturated rings.